The highest BCUT2D eigenvalue weighted by Gasteiger charge is 2.31. The van der Waals surface area contributed by atoms with Crippen LogP contribution in [0.5, 0.6) is 0 Å². The van der Waals surface area contributed by atoms with Crippen LogP contribution >= 0.6 is 0 Å². The number of aromatic nitrogens is 2. The van der Waals surface area contributed by atoms with Gasteiger partial charge in [-0.05, 0) is 31.9 Å². The summed E-state index contributed by atoms with van der Waals surface area (Å²) in [5.74, 6) is 1.57. The Kier molecular flexibility index (Phi) is 2.63. The van der Waals surface area contributed by atoms with Crippen LogP contribution in [0.25, 0.3) is 11.4 Å². The lowest BCUT2D eigenvalue weighted by molar-refractivity contribution is -0.117. The first-order valence-corrected chi connectivity index (χ1v) is 7.03. The Hall–Kier alpha value is -2.50. The van der Waals surface area contributed by atoms with Crippen molar-refractivity contribution in [1.82, 2.24) is 10.1 Å². The molecular formula is C15H14N4O2. The Morgan fingerprint density at radius 1 is 1.29 bits per heavy atom. The van der Waals surface area contributed by atoms with E-state index >= 15 is 0 Å². The predicted octanol–water partition coefficient (Wildman–Crippen LogP) is 2.38. The SMILES string of the molecule is CC1N=CN(c2ccccc2-c2noc(C3CC3)n2)C1=O. The molecule has 21 heavy (non-hydrogen) atoms. The van der Waals surface area contributed by atoms with E-state index in [1.54, 1.807) is 18.2 Å². The minimum Gasteiger partial charge on any atom is -0.339 e. The first-order chi connectivity index (χ1) is 10.2. The molecule has 1 aliphatic heterocycles. The normalized spacial score (nSPS) is 21.3. The maximum atomic E-state index is 12.1. The molecule has 0 N–H and O–H groups in total. The zero-order valence-corrected chi connectivity index (χ0v) is 11.6. The van der Waals surface area contributed by atoms with Gasteiger partial charge in [0.25, 0.3) is 5.91 Å². The molecule has 1 saturated carbocycles. The number of aliphatic imine (C=N–C) groups is 1. The van der Waals surface area contributed by atoms with Crippen molar-refractivity contribution < 1.29 is 9.32 Å². The molecule has 1 aliphatic carbocycles. The van der Waals surface area contributed by atoms with E-state index < -0.39 is 0 Å². The Bertz CT molecular complexity index is 733. The summed E-state index contributed by atoms with van der Waals surface area (Å²) < 4.78 is 5.31. The quantitative estimate of drug-likeness (QED) is 0.866. The fourth-order valence-electron chi connectivity index (χ4n) is 2.38. The van der Waals surface area contributed by atoms with Crippen molar-refractivity contribution in [2.24, 2.45) is 4.99 Å². The van der Waals surface area contributed by atoms with Gasteiger partial charge in [-0.2, -0.15) is 4.98 Å². The lowest BCUT2D eigenvalue weighted by atomic mass is 10.1. The highest BCUT2D eigenvalue weighted by molar-refractivity contribution is 6.16. The first kappa shape index (κ1) is 12.3. The number of nitrogens with zero attached hydrogens (tertiary/aromatic N) is 4. The number of hydrogen-bond donors (Lipinski definition) is 0. The van der Waals surface area contributed by atoms with Crippen molar-refractivity contribution in [1.29, 1.82) is 0 Å². The molecule has 2 heterocycles. The van der Waals surface area contributed by atoms with Gasteiger partial charge in [0, 0.05) is 11.5 Å². The van der Waals surface area contributed by atoms with Crippen LogP contribution in [0.2, 0.25) is 0 Å². The number of benzene rings is 1. The summed E-state index contributed by atoms with van der Waals surface area (Å²) in [4.78, 5) is 22.3. The Morgan fingerprint density at radius 2 is 2.10 bits per heavy atom. The van der Waals surface area contributed by atoms with Gasteiger partial charge in [-0.3, -0.25) is 14.7 Å². The number of carbonyl (C=O) groups excluding carboxylic acids is 1. The molecule has 1 fully saturated rings. The van der Waals surface area contributed by atoms with Crippen molar-refractivity contribution in [2.45, 2.75) is 31.7 Å². The number of rotatable bonds is 3. The van der Waals surface area contributed by atoms with Gasteiger partial charge in [-0.1, -0.05) is 17.3 Å². The monoisotopic (exact) mass is 282 g/mol. The van der Waals surface area contributed by atoms with Crippen LogP contribution in [0, 0.1) is 0 Å². The third-order valence-corrected chi connectivity index (χ3v) is 3.77. The molecule has 1 unspecified atom stereocenters. The van der Waals surface area contributed by atoms with Crippen LogP contribution in [0.1, 0.15) is 31.6 Å². The Morgan fingerprint density at radius 3 is 2.81 bits per heavy atom. The fraction of sp³-hybridized carbons (Fsp3) is 0.333. The number of hydrogen-bond acceptors (Lipinski definition) is 5. The topological polar surface area (TPSA) is 71.6 Å². The summed E-state index contributed by atoms with van der Waals surface area (Å²) in [6.07, 6.45) is 3.78. The maximum absolute atomic E-state index is 12.1. The van der Waals surface area contributed by atoms with E-state index in [1.165, 1.54) is 0 Å². The summed E-state index contributed by atoms with van der Waals surface area (Å²) in [7, 11) is 0. The van der Waals surface area contributed by atoms with Gasteiger partial charge in [-0.15, -0.1) is 0 Å². The molecule has 1 amide bonds. The molecule has 4 rings (SSSR count). The van der Waals surface area contributed by atoms with Crippen molar-refractivity contribution in [3.8, 4) is 11.4 Å². The van der Waals surface area contributed by atoms with E-state index in [0.29, 0.717) is 17.6 Å². The third kappa shape index (κ3) is 2.03. The third-order valence-electron chi connectivity index (χ3n) is 3.77. The van der Waals surface area contributed by atoms with Crippen LogP contribution in [0.15, 0.2) is 33.8 Å². The number of para-hydroxylation sites is 1. The highest BCUT2D eigenvalue weighted by atomic mass is 16.5. The predicted molar refractivity (Wildman–Crippen MR) is 77.1 cm³/mol. The van der Waals surface area contributed by atoms with Gasteiger partial charge in [-0.25, -0.2) is 0 Å². The molecule has 0 radical (unpaired) electrons. The van der Waals surface area contributed by atoms with Crippen LogP contribution in [-0.2, 0) is 4.79 Å². The lowest BCUT2D eigenvalue weighted by Gasteiger charge is -2.15. The van der Waals surface area contributed by atoms with Crippen molar-refractivity contribution in [3.05, 3.63) is 30.2 Å². The molecule has 0 spiro atoms. The molecule has 2 aromatic rings. The van der Waals surface area contributed by atoms with Gasteiger partial charge in [0.2, 0.25) is 11.7 Å². The van der Waals surface area contributed by atoms with Gasteiger partial charge in [0.1, 0.15) is 6.04 Å². The van der Waals surface area contributed by atoms with Gasteiger partial charge in [0.15, 0.2) is 0 Å². The first-order valence-electron chi connectivity index (χ1n) is 7.03. The molecular weight excluding hydrogens is 268 g/mol. The van der Waals surface area contributed by atoms with E-state index in [2.05, 4.69) is 15.1 Å². The van der Waals surface area contributed by atoms with Crippen LogP contribution in [-0.4, -0.2) is 28.4 Å². The smallest absolute Gasteiger partial charge is 0.256 e. The largest absolute Gasteiger partial charge is 0.339 e. The van der Waals surface area contributed by atoms with Gasteiger partial charge < -0.3 is 4.52 Å². The zero-order chi connectivity index (χ0) is 14.4. The molecule has 1 aromatic heterocycles. The molecule has 1 atom stereocenters. The maximum Gasteiger partial charge on any atom is 0.256 e. The molecule has 0 saturated heterocycles. The Balaban J connectivity index is 1.75. The summed E-state index contributed by atoms with van der Waals surface area (Å²) in [6, 6.07) is 7.19. The van der Waals surface area contributed by atoms with Crippen molar-refractivity contribution in [3.63, 3.8) is 0 Å². The second-order valence-electron chi connectivity index (χ2n) is 5.40. The average Bonchev–Trinajstić information content (AvgIpc) is 3.15. The van der Waals surface area contributed by atoms with Crippen molar-refractivity contribution >= 4 is 17.9 Å². The number of amides is 1. The minimum absolute atomic E-state index is 0.0478. The second-order valence-corrected chi connectivity index (χ2v) is 5.40. The number of carbonyl (C=O) groups is 1. The summed E-state index contributed by atoms with van der Waals surface area (Å²) in [5, 5.41) is 4.06. The molecule has 6 heteroatoms. The van der Waals surface area contributed by atoms with Crippen LogP contribution < -0.4 is 4.90 Å². The van der Waals surface area contributed by atoms with Crippen LogP contribution in [0.3, 0.4) is 0 Å². The highest BCUT2D eigenvalue weighted by Crippen LogP contribution is 2.40. The van der Waals surface area contributed by atoms with Gasteiger partial charge >= 0.3 is 0 Å². The molecule has 1 aromatic carbocycles. The molecule has 0 bridgehead atoms. The minimum atomic E-state index is -0.342. The zero-order valence-electron chi connectivity index (χ0n) is 11.6. The Labute approximate surface area is 121 Å². The fourth-order valence-corrected chi connectivity index (χ4v) is 2.38. The molecule has 6 nitrogen and oxygen atoms in total. The summed E-state index contributed by atoms with van der Waals surface area (Å²) in [5.41, 5.74) is 1.51. The average molecular weight is 282 g/mol. The molecule has 106 valence electrons. The van der Waals surface area contributed by atoms with E-state index in [-0.39, 0.29) is 11.9 Å². The number of anilines is 1. The summed E-state index contributed by atoms with van der Waals surface area (Å²) >= 11 is 0. The van der Waals surface area contributed by atoms with Gasteiger partial charge in [0.05, 0.1) is 12.0 Å². The van der Waals surface area contributed by atoms with E-state index in [9.17, 15) is 4.79 Å². The lowest BCUT2D eigenvalue weighted by Crippen LogP contribution is -2.29. The molecule has 2 aliphatic rings. The van der Waals surface area contributed by atoms with Crippen LogP contribution in [0.4, 0.5) is 5.69 Å². The van der Waals surface area contributed by atoms with E-state index in [1.807, 2.05) is 24.3 Å². The second kappa shape index (κ2) is 4.51. The standard InChI is InChI=1S/C15H14N4O2/c1-9-15(20)19(8-16-9)12-5-3-2-4-11(12)13-17-14(21-18-13)10-6-7-10/h2-5,8-10H,6-7H2,1H3. The van der Waals surface area contributed by atoms with E-state index in [4.69, 9.17) is 4.52 Å². The summed E-state index contributed by atoms with van der Waals surface area (Å²) in [6.45, 7) is 1.78. The van der Waals surface area contributed by atoms with E-state index in [0.717, 1.165) is 24.1 Å². The van der Waals surface area contributed by atoms with Crippen molar-refractivity contribution in [2.75, 3.05) is 4.90 Å².